The SMILES string of the molecule is CCCCCCCCCCCC[N+](C)(C)CCOCCOC(=O)Nc1ccccc1. The summed E-state index contributed by atoms with van der Waals surface area (Å²) in [6, 6.07) is 9.29. The van der Waals surface area contributed by atoms with Crippen molar-refractivity contribution >= 4 is 11.8 Å². The maximum absolute atomic E-state index is 11.7. The molecule has 0 saturated carbocycles. The van der Waals surface area contributed by atoms with Gasteiger partial charge in [0.15, 0.2) is 0 Å². The molecule has 1 N–H and O–H groups in total. The number of unbranched alkanes of at least 4 members (excludes halogenated alkanes) is 9. The lowest BCUT2D eigenvalue weighted by molar-refractivity contribution is -0.891. The quantitative estimate of drug-likeness (QED) is 0.225. The summed E-state index contributed by atoms with van der Waals surface area (Å²) in [5, 5.41) is 2.69. The smallest absolute Gasteiger partial charge is 0.411 e. The second-order valence-corrected chi connectivity index (χ2v) is 8.80. The molecule has 1 amide bonds. The van der Waals surface area contributed by atoms with Gasteiger partial charge in [0.1, 0.15) is 13.2 Å². The largest absolute Gasteiger partial charge is 0.447 e. The Labute approximate surface area is 184 Å². The zero-order chi connectivity index (χ0) is 21.9. The number of quaternary nitrogens is 1. The van der Waals surface area contributed by atoms with E-state index in [1.807, 2.05) is 30.3 Å². The molecule has 30 heavy (non-hydrogen) atoms. The second kappa shape index (κ2) is 17.1. The van der Waals surface area contributed by atoms with Crippen molar-refractivity contribution in [2.75, 3.05) is 52.3 Å². The molecular formula is C25H45N2O3+. The van der Waals surface area contributed by atoms with Gasteiger partial charge in [-0.05, 0) is 25.0 Å². The summed E-state index contributed by atoms with van der Waals surface area (Å²) in [7, 11) is 4.53. The van der Waals surface area contributed by atoms with Crippen LogP contribution in [0, 0.1) is 0 Å². The molecule has 0 heterocycles. The maximum atomic E-state index is 11.7. The number of ether oxygens (including phenoxy) is 2. The summed E-state index contributed by atoms with van der Waals surface area (Å²) >= 11 is 0. The Morgan fingerprint density at radius 2 is 1.40 bits per heavy atom. The summed E-state index contributed by atoms with van der Waals surface area (Å²) in [6.45, 7) is 5.83. The van der Waals surface area contributed by atoms with Crippen LogP contribution in [0.15, 0.2) is 30.3 Å². The third kappa shape index (κ3) is 15.3. The molecule has 0 aliphatic carbocycles. The minimum absolute atomic E-state index is 0.268. The van der Waals surface area contributed by atoms with Gasteiger partial charge in [-0.25, -0.2) is 4.79 Å². The molecule has 1 aromatic carbocycles. The fourth-order valence-electron chi connectivity index (χ4n) is 3.42. The zero-order valence-electron chi connectivity index (χ0n) is 19.7. The van der Waals surface area contributed by atoms with Crippen molar-refractivity contribution in [2.45, 2.75) is 71.1 Å². The van der Waals surface area contributed by atoms with Crippen LogP contribution < -0.4 is 5.32 Å². The van der Waals surface area contributed by atoms with Crippen molar-refractivity contribution in [3.05, 3.63) is 30.3 Å². The molecule has 0 aliphatic rings. The molecule has 172 valence electrons. The highest BCUT2D eigenvalue weighted by Crippen LogP contribution is 2.11. The highest BCUT2D eigenvalue weighted by molar-refractivity contribution is 5.84. The summed E-state index contributed by atoms with van der Waals surface area (Å²) in [5.74, 6) is 0. The van der Waals surface area contributed by atoms with Crippen molar-refractivity contribution in [1.82, 2.24) is 0 Å². The predicted molar refractivity (Wildman–Crippen MR) is 126 cm³/mol. The minimum atomic E-state index is -0.443. The molecule has 0 saturated heterocycles. The van der Waals surface area contributed by atoms with Crippen molar-refractivity contribution in [1.29, 1.82) is 0 Å². The monoisotopic (exact) mass is 421 g/mol. The molecule has 0 unspecified atom stereocenters. The Morgan fingerprint density at radius 3 is 2.03 bits per heavy atom. The number of hydrogen-bond donors (Lipinski definition) is 1. The van der Waals surface area contributed by atoms with E-state index in [0.29, 0.717) is 13.2 Å². The summed E-state index contributed by atoms with van der Waals surface area (Å²) in [5.41, 5.74) is 0.731. The fraction of sp³-hybridized carbons (Fsp3) is 0.720. The lowest BCUT2D eigenvalue weighted by atomic mass is 10.1. The highest BCUT2D eigenvalue weighted by Gasteiger charge is 2.14. The van der Waals surface area contributed by atoms with Crippen LogP contribution in [-0.2, 0) is 9.47 Å². The van der Waals surface area contributed by atoms with E-state index in [2.05, 4.69) is 26.3 Å². The second-order valence-electron chi connectivity index (χ2n) is 8.80. The highest BCUT2D eigenvalue weighted by atomic mass is 16.6. The van der Waals surface area contributed by atoms with Crippen molar-refractivity contribution < 1.29 is 18.8 Å². The summed E-state index contributed by atoms with van der Waals surface area (Å²) < 4.78 is 11.8. The molecule has 0 aliphatic heterocycles. The first-order valence-corrected chi connectivity index (χ1v) is 11.9. The van der Waals surface area contributed by atoms with Gasteiger partial charge in [-0.15, -0.1) is 0 Å². The topological polar surface area (TPSA) is 47.6 Å². The average Bonchev–Trinajstić information content (AvgIpc) is 2.72. The Hall–Kier alpha value is -1.59. The van der Waals surface area contributed by atoms with Crippen LogP contribution >= 0.6 is 0 Å². The van der Waals surface area contributed by atoms with Gasteiger partial charge in [0.25, 0.3) is 0 Å². The van der Waals surface area contributed by atoms with E-state index in [1.165, 1.54) is 70.8 Å². The van der Waals surface area contributed by atoms with E-state index in [-0.39, 0.29) is 6.61 Å². The first-order chi connectivity index (χ1) is 14.5. The van der Waals surface area contributed by atoms with Crippen molar-refractivity contribution in [2.24, 2.45) is 0 Å². The maximum Gasteiger partial charge on any atom is 0.411 e. The van der Waals surface area contributed by atoms with Crippen molar-refractivity contribution in [3.8, 4) is 0 Å². The van der Waals surface area contributed by atoms with Gasteiger partial charge in [0, 0.05) is 5.69 Å². The van der Waals surface area contributed by atoms with Crippen LogP contribution in [0.1, 0.15) is 71.1 Å². The Balaban J connectivity index is 1.92. The number of nitrogens with zero attached hydrogens (tertiary/aromatic N) is 1. The van der Waals surface area contributed by atoms with Crippen LogP contribution in [0.25, 0.3) is 0 Å². The van der Waals surface area contributed by atoms with Gasteiger partial charge in [0.05, 0.1) is 33.9 Å². The Kier molecular flexibility index (Phi) is 15.1. The predicted octanol–water partition coefficient (Wildman–Crippen LogP) is 6.25. The number of hydrogen-bond acceptors (Lipinski definition) is 3. The molecule has 5 nitrogen and oxygen atoms in total. The van der Waals surface area contributed by atoms with Crippen LogP contribution in [-0.4, -0.2) is 57.6 Å². The lowest BCUT2D eigenvalue weighted by Crippen LogP contribution is -2.43. The molecule has 1 aromatic rings. The first-order valence-electron chi connectivity index (χ1n) is 11.9. The number of likely N-dealkylation sites (N-methyl/N-ethyl adjacent to an activating group) is 1. The van der Waals surface area contributed by atoms with Crippen LogP contribution in [0.4, 0.5) is 10.5 Å². The van der Waals surface area contributed by atoms with Gasteiger partial charge < -0.3 is 14.0 Å². The normalized spacial score (nSPS) is 11.4. The molecule has 5 heteroatoms. The summed E-state index contributed by atoms with van der Waals surface area (Å²) in [6.07, 6.45) is 13.3. The van der Waals surface area contributed by atoms with Crippen LogP contribution in [0.5, 0.6) is 0 Å². The number of carbonyl (C=O) groups is 1. The molecule has 0 bridgehead atoms. The molecule has 0 aromatic heterocycles. The molecule has 0 fully saturated rings. The van der Waals surface area contributed by atoms with Gasteiger partial charge in [0.2, 0.25) is 0 Å². The van der Waals surface area contributed by atoms with Crippen LogP contribution in [0.3, 0.4) is 0 Å². The van der Waals surface area contributed by atoms with E-state index in [4.69, 9.17) is 9.47 Å². The fourth-order valence-corrected chi connectivity index (χ4v) is 3.42. The van der Waals surface area contributed by atoms with Gasteiger partial charge in [-0.3, -0.25) is 5.32 Å². The van der Waals surface area contributed by atoms with E-state index in [9.17, 15) is 4.79 Å². The average molecular weight is 422 g/mol. The number of anilines is 1. The molecule has 0 atom stereocenters. The summed E-state index contributed by atoms with van der Waals surface area (Å²) in [4.78, 5) is 11.7. The number of rotatable bonds is 18. The molecule has 0 spiro atoms. The molecular weight excluding hydrogens is 376 g/mol. The standard InChI is InChI=1S/C25H44N2O3/c1-4-5-6-7-8-9-10-11-12-16-19-27(2,3)20-21-29-22-23-30-25(28)26-24-17-14-13-15-18-24/h13-15,17-18H,4-12,16,19-23H2,1-3H3/p+1. The van der Waals surface area contributed by atoms with Gasteiger partial charge in [-0.1, -0.05) is 76.5 Å². The Bertz CT molecular complexity index is 534. The van der Waals surface area contributed by atoms with Gasteiger partial charge >= 0.3 is 6.09 Å². The third-order valence-electron chi connectivity index (χ3n) is 5.44. The third-order valence-corrected chi connectivity index (χ3v) is 5.44. The van der Waals surface area contributed by atoms with Crippen molar-refractivity contribution in [3.63, 3.8) is 0 Å². The minimum Gasteiger partial charge on any atom is -0.447 e. The van der Waals surface area contributed by atoms with Crippen LogP contribution in [0.2, 0.25) is 0 Å². The number of carbonyl (C=O) groups excluding carboxylic acids is 1. The molecule has 0 radical (unpaired) electrons. The number of para-hydroxylation sites is 1. The zero-order valence-corrected chi connectivity index (χ0v) is 19.7. The Morgan fingerprint density at radius 1 is 0.800 bits per heavy atom. The van der Waals surface area contributed by atoms with E-state index in [1.54, 1.807) is 0 Å². The van der Waals surface area contributed by atoms with Gasteiger partial charge in [-0.2, -0.15) is 0 Å². The number of amides is 1. The lowest BCUT2D eigenvalue weighted by Gasteiger charge is -2.29. The van der Waals surface area contributed by atoms with E-state index in [0.717, 1.165) is 16.7 Å². The number of nitrogens with one attached hydrogen (secondary N) is 1. The number of benzene rings is 1. The van der Waals surface area contributed by atoms with E-state index < -0.39 is 6.09 Å². The molecule has 1 rings (SSSR count). The van der Waals surface area contributed by atoms with E-state index >= 15 is 0 Å². The first kappa shape index (κ1) is 26.4.